The molecule has 0 bridgehead atoms. The number of aliphatic hydroxyl groups excluding tert-OH is 1. The van der Waals surface area contributed by atoms with Crippen LogP contribution in [0, 0.1) is 10.1 Å². The molecule has 0 aliphatic carbocycles. The summed E-state index contributed by atoms with van der Waals surface area (Å²) in [6, 6.07) is 9.31. The summed E-state index contributed by atoms with van der Waals surface area (Å²) in [6.07, 6.45) is 2.05. The summed E-state index contributed by atoms with van der Waals surface area (Å²) in [5.74, 6) is 0. The fourth-order valence-electron chi connectivity index (χ4n) is 1.000. The molecule has 0 saturated heterocycles. The molecule has 0 aliphatic rings. The molecule has 1 aromatic carbocycles. The fraction of sp³-hybridized carbons (Fsp3) is 0.200. The second-order valence-electron chi connectivity index (χ2n) is 2.85. The van der Waals surface area contributed by atoms with E-state index < -0.39 is 17.6 Å². The van der Waals surface area contributed by atoms with E-state index in [1.165, 1.54) is 6.08 Å². The van der Waals surface area contributed by atoms with Crippen molar-refractivity contribution in [2.45, 2.75) is 6.10 Å². The zero-order valence-electron chi connectivity index (χ0n) is 7.54. The molecule has 1 unspecified atom stereocenters. The Kier molecular flexibility index (Phi) is 3.82. The van der Waals surface area contributed by atoms with Crippen molar-refractivity contribution in [1.82, 2.24) is 0 Å². The molecule has 0 radical (unpaired) electrons. The summed E-state index contributed by atoms with van der Waals surface area (Å²) in [6.45, 7) is -0.455. The van der Waals surface area contributed by atoms with Crippen LogP contribution < -0.4 is 0 Å². The van der Waals surface area contributed by atoms with Gasteiger partial charge in [-0.1, -0.05) is 36.4 Å². The molecule has 1 atom stereocenters. The molecule has 1 aromatic rings. The predicted molar refractivity (Wildman–Crippen MR) is 53.3 cm³/mol. The van der Waals surface area contributed by atoms with Gasteiger partial charge in [-0.25, -0.2) is 0 Å². The van der Waals surface area contributed by atoms with Crippen molar-refractivity contribution in [2.24, 2.45) is 0 Å². The molecule has 4 heteroatoms. The lowest BCUT2D eigenvalue weighted by Gasteiger charge is -1.98. The van der Waals surface area contributed by atoms with Gasteiger partial charge in [0, 0.05) is 4.92 Å². The maximum absolute atomic E-state index is 10.0. The molecule has 74 valence electrons. The molecule has 0 saturated carbocycles. The van der Waals surface area contributed by atoms with Crippen LogP contribution in [0.3, 0.4) is 0 Å². The van der Waals surface area contributed by atoms with E-state index >= 15 is 0 Å². The van der Waals surface area contributed by atoms with Crippen LogP contribution in [0.15, 0.2) is 36.4 Å². The predicted octanol–water partition coefficient (Wildman–Crippen LogP) is 1.34. The molecule has 0 aromatic heterocycles. The summed E-state index contributed by atoms with van der Waals surface area (Å²) in [5.41, 5.74) is 0.912. The lowest BCUT2D eigenvalue weighted by atomic mass is 10.2. The van der Waals surface area contributed by atoms with Gasteiger partial charge in [0.1, 0.15) is 6.10 Å². The molecular formula is C10H11NO3. The zero-order chi connectivity index (χ0) is 10.4. The third-order valence-corrected chi connectivity index (χ3v) is 1.65. The number of hydrogen-bond donors (Lipinski definition) is 1. The average molecular weight is 193 g/mol. The SMILES string of the molecule is O=[N+]([O-])CC(O)/C=C/c1ccccc1. The number of nitro groups is 1. The summed E-state index contributed by atoms with van der Waals surface area (Å²) >= 11 is 0. The van der Waals surface area contributed by atoms with Crippen LogP contribution in [0.4, 0.5) is 0 Å². The second-order valence-corrected chi connectivity index (χ2v) is 2.85. The van der Waals surface area contributed by atoms with Gasteiger partial charge in [0.15, 0.2) is 0 Å². The van der Waals surface area contributed by atoms with Crippen molar-refractivity contribution in [3.8, 4) is 0 Å². The van der Waals surface area contributed by atoms with E-state index in [4.69, 9.17) is 5.11 Å². The highest BCUT2D eigenvalue weighted by molar-refractivity contribution is 5.49. The fourth-order valence-corrected chi connectivity index (χ4v) is 1.000. The quantitative estimate of drug-likeness (QED) is 0.579. The van der Waals surface area contributed by atoms with Crippen molar-refractivity contribution in [1.29, 1.82) is 0 Å². The Balaban J connectivity index is 2.52. The van der Waals surface area contributed by atoms with Gasteiger partial charge in [0.2, 0.25) is 6.54 Å². The Morgan fingerprint density at radius 3 is 2.64 bits per heavy atom. The second kappa shape index (κ2) is 5.14. The first-order valence-electron chi connectivity index (χ1n) is 4.21. The molecule has 4 nitrogen and oxygen atoms in total. The highest BCUT2D eigenvalue weighted by Gasteiger charge is 2.05. The molecule has 0 fully saturated rings. The summed E-state index contributed by atoms with van der Waals surface area (Å²) in [7, 11) is 0. The Morgan fingerprint density at radius 1 is 1.43 bits per heavy atom. The van der Waals surface area contributed by atoms with Crippen molar-refractivity contribution in [3.63, 3.8) is 0 Å². The van der Waals surface area contributed by atoms with Gasteiger partial charge in [0.25, 0.3) is 0 Å². The largest absolute Gasteiger partial charge is 0.382 e. The molecule has 1 rings (SSSR count). The van der Waals surface area contributed by atoms with Crippen LogP contribution in [0.5, 0.6) is 0 Å². The van der Waals surface area contributed by atoms with Crippen LogP contribution in [0.2, 0.25) is 0 Å². The number of aliphatic hydroxyl groups is 1. The van der Waals surface area contributed by atoms with E-state index in [0.29, 0.717) is 0 Å². The highest BCUT2D eigenvalue weighted by Crippen LogP contribution is 2.01. The van der Waals surface area contributed by atoms with Crippen LogP contribution in [-0.2, 0) is 0 Å². The van der Waals surface area contributed by atoms with Crippen LogP contribution in [0.1, 0.15) is 5.56 Å². The van der Waals surface area contributed by atoms with Gasteiger partial charge < -0.3 is 5.11 Å². The van der Waals surface area contributed by atoms with Gasteiger partial charge in [0.05, 0.1) is 0 Å². The third-order valence-electron chi connectivity index (χ3n) is 1.65. The smallest absolute Gasteiger partial charge is 0.232 e. The topological polar surface area (TPSA) is 63.4 Å². The molecule has 14 heavy (non-hydrogen) atoms. The van der Waals surface area contributed by atoms with Gasteiger partial charge in [-0.05, 0) is 11.6 Å². The Bertz CT molecular complexity index is 321. The lowest BCUT2D eigenvalue weighted by Crippen LogP contribution is -2.16. The van der Waals surface area contributed by atoms with E-state index in [-0.39, 0.29) is 0 Å². The van der Waals surface area contributed by atoms with E-state index in [1.54, 1.807) is 6.08 Å². The van der Waals surface area contributed by atoms with Gasteiger partial charge >= 0.3 is 0 Å². The highest BCUT2D eigenvalue weighted by atomic mass is 16.6. The van der Waals surface area contributed by atoms with E-state index in [1.807, 2.05) is 30.3 Å². The van der Waals surface area contributed by atoms with E-state index in [2.05, 4.69) is 0 Å². The summed E-state index contributed by atoms with van der Waals surface area (Å²) < 4.78 is 0. The monoisotopic (exact) mass is 193 g/mol. The number of nitrogens with zero attached hydrogens (tertiary/aromatic N) is 1. The Morgan fingerprint density at radius 2 is 2.07 bits per heavy atom. The van der Waals surface area contributed by atoms with Crippen molar-refractivity contribution in [2.75, 3.05) is 6.54 Å². The molecular weight excluding hydrogens is 182 g/mol. The molecule has 0 heterocycles. The molecule has 0 aliphatic heterocycles. The van der Waals surface area contributed by atoms with E-state index in [0.717, 1.165) is 5.56 Å². The van der Waals surface area contributed by atoms with Crippen LogP contribution in [0.25, 0.3) is 6.08 Å². The summed E-state index contributed by atoms with van der Waals surface area (Å²) in [4.78, 5) is 9.49. The average Bonchev–Trinajstić information content (AvgIpc) is 2.15. The van der Waals surface area contributed by atoms with Crippen LogP contribution >= 0.6 is 0 Å². The molecule has 0 spiro atoms. The van der Waals surface area contributed by atoms with Gasteiger partial charge in [-0.2, -0.15) is 0 Å². The zero-order valence-corrected chi connectivity index (χ0v) is 7.54. The standard InChI is InChI=1S/C10H11NO3/c12-10(8-11(13)14)7-6-9-4-2-1-3-5-9/h1-7,10,12H,8H2/b7-6+. The normalized spacial score (nSPS) is 12.9. The molecule has 0 amide bonds. The number of rotatable bonds is 4. The minimum Gasteiger partial charge on any atom is -0.382 e. The third kappa shape index (κ3) is 3.82. The number of benzene rings is 1. The lowest BCUT2D eigenvalue weighted by molar-refractivity contribution is -0.487. The van der Waals surface area contributed by atoms with Crippen LogP contribution in [-0.4, -0.2) is 22.7 Å². The Hall–Kier alpha value is -1.68. The maximum Gasteiger partial charge on any atom is 0.232 e. The Labute approximate surface area is 81.6 Å². The van der Waals surface area contributed by atoms with Crippen molar-refractivity contribution in [3.05, 3.63) is 52.1 Å². The van der Waals surface area contributed by atoms with Gasteiger partial charge in [-0.15, -0.1) is 0 Å². The van der Waals surface area contributed by atoms with Crippen molar-refractivity contribution >= 4 is 6.08 Å². The van der Waals surface area contributed by atoms with E-state index in [9.17, 15) is 10.1 Å². The summed E-state index contributed by atoms with van der Waals surface area (Å²) in [5, 5.41) is 19.2. The van der Waals surface area contributed by atoms with Gasteiger partial charge in [-0.3, -0.25) is 10.1 Å². The minimum atomic E-state index is -1.02. The molecule has 1 N–H and O–H groups in total. The van der Waals surface area contributed by atoms with Crippen molar-refractivity contribution < 1.29 is 10.0 Å². The minimum absolute atomic E-state index is 0.455. The first-order valence-corrected chi connectivity index (χ1v) is 4.21. The first-order chi connectivity index (χ1) is 6.68. The first kappa shape index (κ1) is 10.4. The number of hydrogen-bond acceptors (Lipinski definition) is 3. The maximum atomic E-state index is 10.0.